The van der Waals surface area contributed by atoms with E-state index in [1.807, 2.05) is 22.7 Å². The van der Waals surface area contributed by atoms with Crippen LogP contribution in [0, 0.1) is 0 Å². The molecule has 0 atom stereocenters. The maximum Gasteiger partial charge on any atom is 0.0640 e. The lowest BCUT2D eigenvalue weighted by molar-refractivity contribution is 1.32. The Morgan fingerprint density at radius 3 is 1.64 bits per heavy atom. The molecule has 0 N–H and O–H groups in total. The summed E-state index contributed by atoms with van der Waals surface area (Å²) in [6.45, 7) is 0. The van der Waals surface area contributed by atoms with Crippen LogP contribution in [0.3, 0.4) is 0 Å². The first-order valence-electron chi connectivity index (χ1n) is 18.7. The largest absolute Gasteiger partial charge is 0.308 e. The molecule has 0 bridgehead atoms. The number of hydrogen-bond acceptors (Lipinski definition) is 3. The van der Waals surface area contributed by atoms with Gasteiger partial charge in [-0.2, -0.15) is 0 Å². The number of thiophene rings is 2. The maximum absolute atomic E-state index is 2.52. The molecule has 11 rings (SSSR count). The monoisotopic (exact) mass is 735 g/mol. The second-order valence-corrected chi connectivity index (χ2v) is 16.2. The van der Waals surface area contributed by atoms with Crippen LogP contribution in [-0.2, 0) is 0 Å². The molecule has 0 aliphatic carbocycles. The third-order valence-corrected chi connectivity index (χ3v) is 13.2. The van der Waals surface area contributed by atoms with E-state index in [0.717, 1.165) is 11.4 Å². The summed E-state index contributed by atoms with van der Waals surface area (Å²) in [5.41, 5.74) is 10.7. The summed E-state index contributed by atoms with van der Waals surface area (Å²) in [7, 11) is 0. The highest BCUT2D eigenvalue weighted by atomic mass is 32.1. The van der Waals surface area contributed by atoms with Crippen molar-refractivity contribution in [1.82, 2.24) is 0 Å². The van der Waals surface area contributed by atoms with Crippen LogP contribution in [0.25, 0.3) is 84.5 Å². The Balaban J connectivity index is 1.21. The Morgan fingerprint density at radius 2 is 0.873 bits per heavy atom. The fourth-order valence-corrected chi connectivity index (χ4v) is 10.6. The van der Waals surface area contributed by atoms with Gasteiger partial charge < -0.3 is 4.90 Å². The number of hydrogen-bond donors (Lipinski definition) is 0. The Bertz CT molecular complexity index is 3210. The van der Waals surface area contributed by atoms with Gasteiger partial charge in [-0.3, -0.25) is 0 Å². The van der Waals surface area contributed by atoms with Crippen LogP contribution in [0.2, 0.25) is 0 Å². The molecule has 258 valence electrons. The van der Waals surface area contributed by atoms with Crippen molar-refractivity contribution in [2.75, 3.05) is 4.90 Å². The summed E-state index contributed by atoms with van der Waals surface area (Å²) >= 11 is 3.75. The van der Waals surface area contributed by atoms with E-state index in [-0.39, 0.29) is 0 Å². The highest BCUT2D eigenvalue weighted by Crippen LogP contribution is 2.49. The van der Waals surface area contributed by atoms with Crippen LogP contribution in [-0.4, -0.2) is 0 Å². The molecular weight excluding hydrogens is 703 g/mol. The summed E-state index contributed by atoms with van der Waals surface area (Å²) in [4.78, 5) is 2.52. The van der Waals surface area contributed by atoms with Gasteiger partial charge in [-0.05, 0) is 87.3 Å². The molecule has 0 spiro atoms. The zero-order valence-corrected chi connectivity index (χ0v) is 31.4. The molecule has 0 saturated carbocycles. The summed E-state index contributed by atoms with van der Waals surface area (Å²) in [5, 5.41) is 7.65. The van der Waals surface area contributed by atoms with E-state index in [1.165, 1.54) is 90.2 Å². The average molecular weight is 736 g/mol. The Kier molecular flexibility index (Phi) is 7.61. The predicted octanol–water partition coefficient (Wildman–Crippen LogP) is 16.0. The summed E-state index contributed by atoms with van der Waals surface area (Å²) < 4.78 is 5.20. The molecule has 0 amide bonds. The fraction of sp³-hybridized carbons (Fsp3) is 0. The van der Waals surface area contributed by atoms with Crippen molar-refractivity contribution < 1.29 is 0 Å². The second-order valence-electron chi connectivity index (χ2n) is 14.1. The standard InChI is InChI=1S/C52H33NS2/c1-3-14-34(15-4-1)37-30-38(36-26-27-45-43-20-9-11-24-49(43)54-51(45)33-36)32-39(31-37)53(48-23-13-22-46-44-21-10-12-25-50(44)55-52(46)48)47-29-28-40(35-16-5-2-6-17-35)41-18-7-8-19-42(41)47/h1-33H. The van der Waals surface area contributed by atoms with Crippen molar-refractivity contribution in [3.8, 4) is 33.4 Å². The van der Waals surface area contributed by atoms with Crippen molar-refractivity contribution in [1.29, 1.82) is 0 Å². The predicted molar refractivity (Wildman–Crippen MR) is 241 cm³/mol. The SMILES string of the molecule is c1ccc(-c2cc(-c3ccc4c(c3)sc3ccccc34)cc(N(c3ccc(-c4ccccc4)c4ccccc34)c3cccc4c3sc3ccccc34)c2)cc1. The van der Waals surface area contributed by atoms with Gasteiger partial charge >= 0.3 is 0 Å². The van der Waals surface area contributed by atoms with Crippen molar-refractivity contribution in [3.63, 3.8) is 0 Å². The zero-order chi connectivity index (χ0) is 36.3. The first-order valence-corrected chi connectivity index (χ1v) is 20.3. The van der Waals surface area contributed by atoms with E-state index in [0.29, 0.717) is 0 Å². The lowest BCUT2D eigenvalue weighted by Crippen LogP contribution is -2.11. The number of fused-ring (bicyclic) bond motifs is 7. The topological polar surface area (TPSA) is 3.24 Å². The number of nitrogens with zero attached hydrogens (tertiary/aromatic N) is 1. The second kappa shape index (κ2) is 13.1. The lowest BCUT2D eigenvalue weighted by Gasteiger charge is -2.29. The summed E-state index contributed by atoms with van der Waals surface area (Å²) in [6.07, 6.45) is 0. The number of rotatable bonds is 6. The van der Waals surface area contributed by atoms with Crippen LogP contribution < -0.4 is 4.90 Å². The molecule has 0 radical (unpaired) electrons. The highest BCUT2D eigenvalue weighted by Gasteiger charge is 2.22. The number of benzene rings is 9. The molecule has 0 aliphatic heterocycles. The maximum atomic E-state index is 2.52. The third kappa shape index (κ3) is 5.43. The minimum Gasteiger partial charge on any atom is -0.308 e. The van der Waals surface area contributed by atoms with Crippen LogP contribution in [0.5, 0.6) is 0 Å². The van der Waals surface area contributed by atoms with Crippen LogP contribution >= 0.6 is 22.7 Å². The van der Waals surface area contributed by atoms with Crippen molar-refractivity contribution >= 4 is 90.9 Å². The molecule has 0 saturated heterocycles. The molecule has 11 aromatic rings. The van der Waals surface area contributed by atoms with Crippen LogP contribution in [0.4, 0.5) is 17.1 Å². The molecule has 2 heterocycles. The van der Waals surface area contributed by atoms with E-state index in [2.05, 4.69) is 205 Å². The molecule has 9 aromatic carbocycles. The smallest absolute Gasteiger partial charge is 0.0640 e. The van der Waals surface area contributed by atoms with Crippen molar-refractivity contribution in [2.24, 2.45) is 0 Å². The lowest BCUT2D eigenvalue weighted by atomic mass is 9.95. The van der Waals surface area contributed by atoms with Gasteiger partial charge in [-0.15, -0.1) is 22.7 Å². The molecule has 3 heteroatoms. The van der Waals surface area contributed by atoms with Gasteiger partial charge in [0.05, 0.1) is 16.1 Å². The Labute approximate surface area is 327 Å². The van der Waals surface area contributed by atoms with Gasteiger partial charge in [-0.1, -0.05) is 152 Å². The minimum absolute atomic E-state index is 1.12. The molecular formula is C52H33NS2. The average Bonchev–Trinajstić information content (AvgIpc) is 3.83. The van der Waals surface area contributed by atoms with Gasteiger partial charge in [0.15, 0.2) is 0 Å². The van der Waals surface area contributed by atoms with E-state index >= 15 is 0 Å². The van der Waals surface area contributed by atoms with Gasteiger partial charge in [-0.25, -0.2) is 0 Å². The normalized spacial score (nSPS) is 11.6. The van der Waals surface area contributed by atoms with Crippen molar-refractivity contribution in [3.05, 3.63) is 200 Å². The van der Waals surface area contributed by atoms with Crippen molar-refractivity contribution in [2.45, 2.75) is 0 Å². The van der Waals surface area contributed by atoms with E-state index in [4.69, 9.17) is 0 Å². The number of anilines is 3. The molecule has 2 aromatic heterocycles. The molecule has 0 unspecified atom stereocenters. The highest BCUT2D eigenvalue weighted by molar-refractivity contribution is 7.26. The van der Waals surface area contributed by atoms with Gasteiger partial charge in [0.2, 0.25) is 0 Å². The van der Waals surface area contributed by atoms with E-state index in [9.17, 15) is 0 Å². The van der Waals surface area contributed by atoms with Gasteiger partial charge in [0.25, 0.3) is 0 Å². The molecule has 1 nitrogen and oxygen atoms in total. The van der Waals surface area contributed by atoms with Gasteiger partial charge in [0.1, 0.15) is 0 Å². The molecule has 0 fully saturated rings. The quantitative estimate of drug-likeness (QED) is 0.164. The molecule has 0 aliphatic rings. The third-order valence-electron chi connectivity index (χ3n) is 10.8. The first kappa shape index (κ1) is 32.0. The van der Waals surface area contributed by atoms with E-state index in [1.54, 1.807) is 0 Å². The Morgan fingerprint density at radius 1 is 0.291 bits per heavy atom. The Hall–Kier alpha value is -6.52. The van der Waals surface area contributed by atoms with Gasteiger partial charge in [0, 0.05) is 46.7 Å². The van der Waals surface area contributed by atoms with Crippen LogP contribution in [0.15, 0.2) is 200 Å². The first-order chi connectivity index (χ1) is 27.3. The summed E-state index contributed by atoms with van der Waals surface area (Å²) in [5.74, 6) is 0. The summed E-state index contributed by atoms with van der Waals surface area (Å²) in [6, 6.07) is 73.6. The van der Waals surface area contributed by atoms with Crippen LogP contribution in [0.1, 0.15) is 0 Å². The van der Waals surface area contributed by atoms with E-state index < -0.39 is 0 Å². The fourth-order valence-electron chi connectivity index (χ4n) is 8.27. The molecule has 55 heavy (non-hydrogen) atoms. The zero-order valence-electron chi connectivity index (χ0n) is 29.8. The minimum atomic E-state index is 1.12.